The molecule has 0 aromatic rings. The van der Waals surface area contributed by atoms with Gasteiger partial charge in [-0.15, -0.1) is 0 Å². The number of nitrogens with zero attached hydrogens (tertiary/aromatic N) is 1. The Bertz CT molecular complexity index is 367. The Kier molecular flexibility index (Phi) is 6.03. The topological polar surface area (TPSA) is 69.6 Å². The van der Waals surface area contributed by atoms with E-state index in [0.717, 1.165) is 25.4 Å². The van der Waals surface area contributed by atoms with Crippen LogP contribution in [0.3, 0.4) is 0 Å². The fourth-order valence-corrected chi connectivity index (χ4v) is 3.73. The standard InChI is InChI=1S/C16H28N2O3/c1-12(19)18-10-14(8-16(20)21)7-15(11-18)17-9-13-5-3-2-4-6-13/h13-15,17H,2-11H2,1H3,(H,20,21). The number of hydrogen-bond acceptors (Lipinski definition) is 3. The first-order valence-electron chi connectivity index (χ1n) is 8.25. The fraction of sp³-hybridized carbons (Fsp3) is 0.875. The van der Waals surface area contributed by atoms with Crippen molar-refractivity contribution in [3.8, 4) is 0 Å². The zero-order chi connectivity index (χ0) is 15.2. The second kappa shape index (κ2) is 7.78. The Labute approximate surface area is 127 Å². The third-order valence-corrected chi connectivity index (χ3v) is 4.87. The molecule has 2 rings (SSSR count). The smallest absolute Gasteiger partial charge is 0.303 e. The maximum absolute atomic E-state index is 11.6. The molecule has 1 aliphatic heterocycles. The van der Waals surface area contributed by atoms with Crippen molar-refractivity contribution in [2.75, 3.05) is 19.6 Å². The van der Waals surface area contributed by atoms with E-state index >= 15 is 0 Å². The maximum Gasteiger partial charge on any atom is 0.303 e. The summed E-state index contributed by atoms with van der Waals surface area (Å²) < 4.78 is 0. The van der Waals surface area contributed by atoms with E-state index in [4.69, 9.17) is 5.11 Å². The lowest BCUT2D eigenvalue weighted by molar-refractivity contribution is -0.140. The zero-order valence-corrected chi connectivity index (χ0v) is 13.0. The number of likely N-dealkylation sites (tertiary alicyclic amines) is 1. The molecular formula is C16H28N2O3. The fourth-order valence-electron chi connectivity index (χ4n) is 3.73. The van der Waals surface area contributed by atoms with Gasteiger partial charge < -0.3 is 15.3 Å². The van der Waals surface area contributed by atoms with Crippen LogP contribution in [0.1, 0.15) is 51.9 Å². The minimum atomic E-state index is -0.767. The van der Waals surface area contributed by atoms with Crippen LogP contribution < -0.4 is 5.32 Å². The first-order valence-corrected chi connectivity index (χ1v) is 8.25. The molecule has 2 atom stereocenters. The van der Waals surface area contributed by atoms with Crippen LogP contribution in [0.2, 0.25) is 0 Å². The van der Waals surface area contributed by atoms with Gasteiger partial charge in [-0.2, -0.15) is 0 Å². The van der Waals surface area contributed by atoms with Crippen molar-refractivity contribution < 1.29 is 14.7 Å². The second-order valence-electron chi connectivity index (χ2n) is 6.73. The van der Waals surface area contributed by atoms with Crippen LogP contribution in [-0.4, -0.2) is 47.6 Å². The maximum atomic E-state index is 11.6. The number of piperidine rings is 1. The van der Waals surface area contributed by atoms with Gasteiger partial charge in [-0.1, -0.05) is 19.3 Å². The number of carboxylic acids is 1. The van der Waals surface area contributed by atoms with Gasteiger partial charge in [0.15, 0.2) is 0 Å². The second-order valence-corrected chi connectivity index (χ2v) is 6.73. The Morgan fingerprint density at radius 2 is 1.86 bits per heavy atom. The van der Waals surface area contributed by atoms with Crippen LogP contribution in [0.25, 0.3) is 0 Å². The Balaban J connectivity index is 1.84. The number of hydrogen-bond donors (Lipinski definition) is 2. The average Bonchev–Trinajstić information content (AvgIpc) is 2.45. The van der Waals surface area contributed by atoms with Crippen LogP contribution in [0, 0.1) is 11.8 Å². The van der Waals surface area contributed by atoms with E-state index in [1.165, 1.54) is 32.1 Å². The molecule has 0 aromatic heterocycles. The molecule has 1 heterocycles. The first-order chi connectivity index (χ1) is 10.0. The van der Waals surface area contributed by atoms with Crippen molar-refractivity contribution in [2.45, 2.75) is 57.9 Å². The van der Waals surface area contributed by atoms with Crippen molar-refractivity contribution in [2.24, 2.45) is 11.8 Å². The molecule has 0 aromatic carbocycles. The molecule has 1 amide bonds. The highest BCUT2D eigenvalue weighted by molar-refractivity contribution is 5.73. The van der Waals surface area contributed by atoms with E-state index in [9.17, 15) is 9.59 Å². The van der Waals surface area contributed by atoms with Gasteiger partial charge in [-0.25, -0.2) is 0 Å². The number of nitrogens with one attached hydrogen (secondary N) is 1. The van der Waals surface area contributed by atoms with E-state index in [1.807, 2.05) is 0 Å². The zero-order valence-electron chi connectivity index (χ0n) is 13.0. The third kappa shape index (κ3) is 5.30. The third-order valence-electron chi connectivity index (χ3n) is 4.87. The summed E-state index contributed by atoms with van der Waals surface area (Å²) in [6, 6.07) is 0.244. The molecular weight excluding hydrogens is 268 g/mol. The molecule has 1 aliphatic carbocycles. The summed E-state index contributed by atoms with van der Waals surface area (Å²) in [5.41, 5.74) is 0. The lowest BCUT2D eigenvalue weighted by Crippen LogP contribution is -2.51. The minimum absolute atomic E-state index is 0.0505. The number of rotatable bonds is 5. The lowest BCUT2D eigenvalue weighted by Gasteiger charge is -2.38. The van der Waals surface area contributed by atoms with Gasteiger partial charge in [-0.05, 0) is 37.6 Å². The highest BCUT2D eigenvalue weighted by Crippen LogP contribution is 2.24. The molecule has 0 radical (unpaired) electrons. The molecule has 21 heavy (non-hydrogen) atoms. The summed E-state index contributed by atoms with van der Waals surface area (Å²) in [5, 5.41) is 12.6. The van der Waals surface area contributed by atoms with Crippen molar-refractivity contribution in [3.05, 3.63) is 0 Å². The van der Waals surface area contributed by atoms with E-state index in [2.05, 4.69) is 5.32 Å². The highest BCUT2D eigenvalue weighted by atomic mass is 16.4. The van der Waals surface area contributed by atoms with Gasteiger partial charge in [0.05, 0.1) is 0 Å². The Morgan fingerprint density at radius 3 is 2.48 bits per heavy atom. The summed E-state index contributed by atoms with van der Waals surface area (Å²) >= 11 is 0. The molecule has 2 fully saturated rings. The highest BCUT2D eigenvalue weighted by Gasteiger charge is 2.30. The molecule has 2 N–H and O–H groups in total. The summed E-state index contributed by atoms with van der Waals surface area (Å²) in [4.78, 5) is 24.4. The predicted octanol–water partition coefficient (Wildman–Crippen LogP) is 1.87. The number of carboxylic acid groups (broad SMARTS) is 1. The minimum Gasteiger partial charge on any atom is -0.481 e. The monoisotopic (exact) mass is 296 g/mol. The van der Waals surface area contributed by atoms with Crippen molar-refractivity contribution in [1.29, 1.82) is 0 Å². The molecule has 0 spiro atoms. The van der Waals surface area contributed by atoms with E-state index in [-0.39, 0.29) is 24.3 Å². The molecule has 2 aliphatic rings. The molecule has 5 nitrogen and oxygen atoms in total. The summed E-state index contributed by atoms with van der Waals surface area (Å²) in [5.74, 6) is 0.111. The van der Waals surface area contributed by atoms with E-state index in [0.29, 0.717) is 6.54 Å². The number of carbonyl (C=O) groups is 2. The molecule has 1 saturated carbocycles. The number of amides is 1. The largest absolute Gasteiger partial charge is 0.481 e. The van der Waals surface area contributed by atoms with Gasteiger partial charge in [0.25, 0.3) is 0 Å². The van der Waals surface area contributed by atoms with Crippen LogP contribution in [0.4, 0.5) is 0 Å². The quantitative estimate of drug-likeness (QED) is 0.812. The summed E-state index contributed by atoms with van der Waals surface area (Å²) in [7, 11) is 0. The summed E-state index contributed by atoms with van der Waals surface area (Å²) in [6.45, 7) is 3.89. The van der Waals surface area contributed by atoms with Gasteiger partial charge in [0.1, 0.15) is 0 Å². The van der Waals surface area contributed by atoms with Crippen molar-refractivity contribution in [1.82, 2.24) is 10.2 Å². The molecule has 1 saturated heterocycles. The first kappa shape index (κ1) is 16.3. The molecule has 5 heteroatoms. The lowest BCUT2D eigenvalue weighted by atomic mass is 9.88. The van der Waals surface area contributed by atoms with E-state index in [1.54, 1.807) is 11.8 Å². The van der Waals surface area contributed by atoms with Crippen LogP contribution in [-0.2, 0) is 9.59 Å². The Morgan fingerprint density at radius 1 is 1.14 bits per heavy atom. The van der Waals surface area contributed by atoms with Crippen molar-refractivity contribution in [3.63, 3.8) is 0 Å². The summed E-state index contributed by atoms with van der Waals surface area (Å²) in [6.07, 6.45) is 7.65. The predicted molar refractivity (Wildman–Crippen MR) is 81.0 cm³/mol. The van der Waals surface area contributed by atoms with Crippen LogP contribution >= 0.6 is 0 Å². The van der Waals surface area contributed by atoms with Gasteiger partial charge in [0.2, 0.25) is 5.91 Å². The number of carbonyl (C=O) groups excluding carboxylic acids is 1. The molecule has 0 bridgehead atoms. The number of aliphatic carboxylic acids is 1. The van der Waals surface area contributed by atoms with Gasteiger partial charge in [-0.3, -0.25) is 9.59 Å². The Hall–Kier alpha value is -1.10. The average molecular weight is 296 g/mol. The normalized spacial score (nSPS) is 27.6. The molecule has 2 unspecified atom stereocenters. The molecule has 120 valence electrons. The van der Waals surface area contributed by atoms with Crippen molar-refractivity contribution >= 4 is 11.9 Å². The van der Waals surface area contributed by atoms with Gasteiger partial charge >= 0.3 is 5.97 Å². The van der Waals surface area contributed by atoms with Gasteiger partial charge in [0, 0.05) is 32.5 Å². The van der Waals surface area contributed by atoms with Crippen LogP contribution in [0.15, 0.2) is 0 Å². The van der Waals surface area contributed by atoms with Crippen LogP contribution in [0.5, 0.6) is 0 Å². The van der Waals surface area contributed by atoms with E-state index < -0.39 is 5.97 Å². The SMILES string of the molecule is CC(=O)N1CC(CC(=O)O)CC(NCC2CCCCC2)C1.